The van der Waals surface area contributed by atoms with Gasteiger partial charge < -0.3 is 8.98 Å². The maximum absolute atomic E-state index is 6.80. The highest BCUT2D eigenvalue weighted by Gasteiger charge is 2.23. The highest BCUT2D eigenvalue weighted by atomic mass is 16.3. The van der Waals surface area contributed by atoms with Gasteiger partial charge in [0.25, 0.3) is 0 Å². The number of fused-ring (bicyclic) bond motifs is 6. The Balaban J connectivity index is 1.17. The summed E-state index contributed by atoms with van der Waals surface area (Å²) in [5.74, 6) is 1.97. The Morgan fingerprint density at radius 3 is 1.48 bits per heavy atom. The van der Waals surface area contributed by atoms with Crippen molar-refractivity contribution in [3.05, 3.63) is 109 Å². The Labute approximate surface area is 359 Å². The van der Waals surface area contributed by atoms with Crippen LogP contribution in [0.3, 0.4) is 0 Å². The third-order valence-corrected chi connectivity index (χ3v) is 13.8. The predicted octanol–water partition coefficient (Wildman–Crippen LogP) is -5.88. The van der Waals surface area contributed by atoms with Crippen LogP contribution in [0.5, 0.6) is 0 Å². The number of furan rings is 1. The quantitative estimate of drug-likeness (QED) is 0.165. The second-order valence-corrected chi connectivity index (χ2v) is 16.7. The molecule has 0 saturated heterocycles. The number of hydrogen-bond donors (Lipinski definition) is 0. The van der Waals surface area contributed by atoms with Crippen LogP contribution in [-0.2, 0) is 0 Å². The smallest absolute Gasteiger partial charge is 0.167 e. The largest absolute Gasteiger partial charge is 0.455 e. The average Bonchev–Trinajstić information content (AvgIpc) is 3.82. The number of para-hydroxylation sites is 3. The SMILES string of the molecule is Bc1c(B)c(B)c(-c2nc(-c3c(B)c(B)c(B)c(B)c3B)nc(-c3cccc4c3oc3ccc(-c5ccc6c(c5)c5ccccc5n6-c5ccccc5)cc34)n2)c(B)c1B. The Hall–Kier alpha value is -6.20. The van der Waals surface area contributed by atoms with E-state index in [0.717, 1.165) is 55.4 Å². The summed E-state index contributed by atoms with van der Waals surface area (Å²) in [5, 5.41) is 4.54. The van der Waals surface area contributed by atoms with Crippen LogP contribution in [0.2, 0.25) is 0 Å². The monoisotopic (exact) mass is 760 g/mol. The van der Waals surface area contributed by atoms with Gasteiger partial charge in [0.05, 0.1) is 16.6 Å². The lowest BCUT2D eigenvalue weighted by Crippen LogP contribution is -2.55. The molecule has 3 aromatic heterocycles. The molecule has 0 aliphatic rings. The lowest BCUT2D eigenvalue weighted by atomic mass is 9.60. The third kappa shape index (κ3) is 5.73. The molecule has 0 aliphatic carbocycles. The first-order chi connectivity index (χ1) is 28.9. The summed E-state index contributed by atoms with van der Waals surface area (Å²) >= 11 is 0. The highest BCUT2D eigenvalue weighted by Crippen LogP contribution is 2.39. The summed E-state index contributed by atoms with van der Waals surface area (Å²) in [4.78, 5) is 16.0. The van der Waals surface area contributed by atoms with Gasteiger partial charge in [0, 0.05) is 38.4 Å². The molecule has 274 valence electrons. The molecule has 0 N–H and O–H groups in total. The predicted molar refractivity (Wildman–Crippen MR) is 285 cm³/mol. The van der Waals surface area contributed by atoms with Gasteiger partial charge in [-0.1, -0.05) is 82.5 Å². The van der Waals surface area contributed by atoms with E-state index < -0.39 is 0 Å². The Kier molecular flexibility index (Phi) is 9.02. The summed E-state index contributed by atoms with van der Waals surface area (Å²) in [7, 11) is 22.0. The van der Waals surface area contributed by atoms with E-state index in [1.54, 1.807) is 0 Å². The van der Waals surface area contributed by atoms with Crippen LogP contribution >= 0.6 is 0 Å². The van der Waals surface area contributed by atoms with Crippen molar-refractivity contribution < 1.29 is 4.42 Å². The van der Waals surface area contributed by atoms with Crippen LogP contribution in [0, 0.1) is 0 Å². The molecule has 0 saturated carbocycles. The standard InChI is InChI=1S/C45H38B10N4O/c46-32-30(33(47)37(51)40(54)36(32)50)44-56-43(57-45(58-44)31-34(48)38(52)41(55)39(53)35(31)49)24-11-6-10-23-26-18-20(14-16-29(26)60-42(23)24)19-13-15-28-25(17-19)22-9-4-5-12-27(22)59(28)21-7-2-1-3-8-21/h1-18H,46-55H2. The molecule has 3 heterocycles. The molecule has 0 atom stereocenters. The van der Waals surface area contributed by atoms with Gasteiger partial charge in [-0.3, -0.25) is 0 Å². The van der Waals surface area contributed by atoms with Crippen LogP contribution in [0.15, 0.2) is 114 Å². The first-order valence-electron chi connectivity index (χ1n) is 20.9. The van der Waals surface area contributed by atoms with Crippen molar-refractivity contribution in [3.63, 3.8) is 0 Å². The van der Waals surface area contributed by atoms with Crippen LogP contribution in [0.25, 0.3) is 94.7 Å². The van der Waals surface area contributed by atoms with Gasteiger partial charge in [-0.2, -0.15) is 0 Å². The van der Waals surface area contributed by atoms with Crippen LogP contribution in [0.1, 0.15) is 0 Å². The van der Waals surface area contributed by atoms with E-state index in [1.165, 1.54) is 76.4 Å². The van der Waals surface area contributed by atoms with E-state index in [0.29, 0.717) is 17.5 Å². The second-order valence-electron chi connectivity index (χ2n) is 16.7. The maximum atomic E-state index is 6.80. The van der Waals surface area contributed by atoms with Gasteiger partial charge in [0.1, 0.15) is 89.6 Å². The second kappa shape index (κ2) is 14.2. The molecular weight excluding hydrogens is 721 g/mol. The van der Waals surface area contributed by atoms with Crippen LogP contribution in [-0.4, -0.2) is 98.0 Å². The molecule has 0 spiro atoms. The average molecular weight is 759 g/mol. The zero-order chi connectivity index (χ0) is 41.7. The zero-order valence-corrected chi connectivity index (χ0v) is 36.1. The van der Waals surface area contributed by atoms with E-state index in [9.17, 15) is 0 Å². The molecule has 15 heteroatoms. The van der Waals surface area contributed by atoms with Crippen molar-refractivity contribution in [3.8, 4) is 51.0 Å². The van der Waals surface area contributed by atoms with Gasteiger partial charge in [0.2, 0.25) is 0 Å². The number of nitrogens with zero attached hydrogens (tertiary/aromatic N) is 4. The van der Waals surface area contributed by atoms with E-state index in [2.05, 4.69) is 192 Å². The van der Waals surface area contributed by atoms with E-state index in [4.69, 9.17) is 19.4 Å². The minimum absolute atomic E-state index is 0.601. The van der Waals surface area contributed by atoms with Crippen molar-refractivity contribution >= 4 is 177 Å². The van der Waals surface area contributed by atoms with Crippen molar-refractivity contribution in [2.45, 2.75) is 0 Å². The van der Waals surface area contributed by atoms with Gasteiger partial charge in [-0.15, -0.1) is 32.8 Å². The van der Waals surface area contributed by atoms with E-state index in [-0.39, 0.29) is 0 Å². The van der Waals surface area contributed by atoms with Crippen molar-refractivity contribution in [1.29, 1.82) is 0 Å². The number of rotatable bonds is 5. The summed E-state index contributed by atoms with van der Waals surface area (Å²) in [6, 6.07) is 39.0. The normalized spacial score (nSPS) is 11.7. The number of benzene rings is 7. The molecule has 0 aliphatic heterocycles. The van der Waals surface area contributed by atoms with E-state index in [1.807, 2.05) is 0 Å². The molecule has 0 fully saturated rings. The fourth-order valence-corrected chi connectivity index (χ4v) is 9.55. The molecule has 0 amide bonds. The summed E-state index contributed by atoms with van der Waals surface area (Å²) in [5.41, 5.74) is 22.9. The fraction of sp³-hybridized carbons (Fsp3) is 0. The van der Waals surface area contributed by atoms with E-state index >= 15 is 0 Å². The topological polar surface area (TPSA) is 56.7 Å². The molecule has 0 radical (unpaired) electrons. The van der Waals surface area contributed by atoms with Crippen molar-refractivity contribution in [2.24, 2.45) is 0 Å². The molecule has 60 heavy (non-hydrogen) atoms. The number of hydrogen-bond acceptors (Lipinski definition) is 4. The third-order valence-electron chi connectivity index (χ3n) is 13.8. The van der Waals surface area contributed by atoms with Crippen molar-refractivity contribution in [1.82, 2.24) is 19.5 Å². The number of aromatic nitrogens is 4. The van der Waals surface area contributed by atoms with Crippen molar-refractivity contribution in [2.75, 3.05) is 0 Å². The Morgan fingerprint density at radius 2 is 0.867 bits per heavy atom. The molecular formula is C45H38B10N4O. The minimum atomic E-state index is 0.601. The van der Waals surface area contributed by atoms with Gasteiger partial charge in [-0.25, -0.2) is 15.0 Å². The molecule has 5 nitrogen and oxygen atoms in total. The minimum Gasteiger partial charge on any atom is -0.455 e. The van der Waals surface area contributed by atoms with Gasteiger partial charge >= 0.3 is 0 Å². The molecule has 10 rings (SSSR count). The van der Waals surface area contributed by atoms with Gasteiger partial charge in [-0.05, 0) is 59.7 Å². The fourth-order valence-electron chi connectivity index (χ4n) is 9.55. The summed E-state index contributed by atoms with van der Waals surface area (Å²) in [6.45, 7) is 0. The molecule has 7 aromatic carbocycles. The molecule has 10 aromatic rings. The summed E-state index contributed by atoms with van der Waals surface area (Å²) < 4.78 is 9.15. The molecule has 0 unspecified atom stereocenters. The van der Waals surface area contributed by atoms with Crippen LogP contribution in [0.4, 0.5) is 0 Å². The summed E-state index contributed by atoms with van der Waals surface area (Å²) in [6.07, 6.45) is 0. The first-order valence-corrected chi connectivity index (χ1v) is 20.9. The Morgan fingerprint density at radius 1 is 0.383 bits per heavy atom. The highest BCUT2D eigenvalue weighted by molar-refractivity contribution is 6.70. The van der Waals surface area contributed by atoms with Crippen LogP contribution < -0.4 is 54.6 Å². The van der Waals surface area contributed by atoms with Gasteiger partial charge in [0.15, 0.2) is 17.5 Å². The zero-order valence-electron chi connectivity index (χ0n) is 36.1. The maximum Gasteiger partial charge on any atom is 0.167 e. The Bertz CT molecular complexity index is 3310. The lowest BCUT2D eigenvalue weighted by molar-refractivity contribution is 0.669. The lowest BCUT2D eigenvalue weighted by Gasteiger charge is -2.22. The molecule has 0 bridgehead atoms. The first kappa shape index (κ1) is 38.0.